The largest absolute Gasteiger partial charge is 0.489 e. The van der Waals surface area contributed by atoms with Crippen molar-refractivity contribution in [2.75, 3.05) is 0 Å². The highest BCUT2D eigenvalue weighted by atomic mass is 79.9. The summed E-state index contributed by atoms with van der Waals surface area (Å²) >= 11 is 3.31. The molecule has 0 unspecified atom stereocenters. The molecule has 0 fully saturated rings. The van der Waals surface area contributed by atoms with Crippen molar-refractivity contribution in [1.29, 1.82) is 0 Å². The van der Waals surface area contributed by atoms with Gasteiger partial charge in [0.2, 0.25) is 0 Å². The molecule has 0 N–H and O–H groups in total. The van der Waals surface area contributed by atoms with Gasteiger partial charge in [0.15, 0.2) is 0 Å². The van der Waals surface area contributed by atoms with Gasteiger partial charge >= 0.3 is 0 Å². The summed E-state index contributed by atoms with van der Waals surface area (Å²) in [5, 5.41) is 0. The fraction of sp³-hybridized carbons (Fsp3) is 0.235. The minimum Gasteiger partial charge on any atom is -0.489 e. The van der Waals surface area contributed by atoms with Gasteiger partial charge in [-0.15, -0.1) is 0 Å². The van der Waals surface area contributed by atoms with E-state index in [1.54, 1.807) is 19.1 Å². The van der Waals surface area contributed by atoms with Gasteiger partial charge in [-0.3, -0.25) is 0 Å². The molecule has 0 aliphatic carbocycles. The minimum absolute atomic E-state index is 0.179. The zero-order valence-corrected chi connectivity index (χ0v) is 13.3. The van der Waals surface area contributed by atoms with Crippen molar-refractivity contribution in [2.24, 2.45) is 0 Å². The van der Waals surface area contributed by atoms with Crippen LogP contribution in [0.2, 0.25) is 0 Å². The highest BCUT2D eigenvalue weighted by Gasteiger charge is 2.04. The Morgan fingerprint density at radius 3 is 2.57 bits per heavy atom. The molecule has 0 saturated carbocycles. The third-order valence-corrected chi connectivity index (χ3v) is 3.58. The number of hydrogen-bond donors (Lipinski definition) is 0. The maximum absolute atomic E-state index is 13.6. The van der Waals surface area contributed by atoms with Crippen LogP contribution < -0.4 is 4.74 Å². The molecule has 2 aromatic rings. The molecule has 21 heavy (non-hydrogen) atoms. The molecule has 0 amide bonds. The third-order valence-electron chi connectivity index (χ3n) is 3.09. The summed E-state index contributed by atoms with van der Waals surface area (Å²) in [5.74, 6) is 0.581. The second-order valence-electron chi connectivity index (χ2n) is 4.87. The predicted molar refractivity (Wildman–Crippen MR) is 83.9 cm³/mol. The zero-order valence-electron chi connectivity index (χ0n) is 11.7. The Labute approximate surface area is 132 Å². The van der Waals surface area contributed by atoms with Gasteiger partial charge in [0.05, 0.1) is 0 Å². The van der Waals surface area contributed by atoms with E-state index >= 15 is 0 Å². The van der Waals surface area contributed by atoms with Gasteiger partial charge in [-0.2, -0.15) is 0 Å². The number of Topliss-reactive ketones (excluding diaryl/α,β-unsaturated/α-hetero) is 1. The molecular formula is C17H16BrFO2. The maximum atomic E-state index is 13.6. The van der Waals surface area contributed by atoms with E-state index in [0.29, 0.717) is 17.7 Å². The first kappa shape index (κ1) is 15.7. The lowest BCUT2D eigenvalue weighted by atomic mass is 10.1. The summed E-state index contributed by atoms with van der Waals surface area (Å²) in [6, 6.07) is 12.3. The molecule has 2 aromatic carbocycles. The number of halogens is 2. The van der Waals surface area contributed by atoms with E-state index < -0.39 is 0 Å². The fourth-order valence-electron chi connectivity index (χ4n) is 1.89. The predicted octanol–water partition coefficient (Wildman–Crippen LogP) is 4.69. The number of carbonyl (C=O) groups is 1. The average Bonchev–Trinajstić information content (AvgIpc) is 2.47. The van der Waals surface area contributed by atoms with Gasteiger partial charge in [-0.25, -0.2) is 4.39 Å². The van der Waals surface area contributed by atoms with Gasteiger partial charge in [0.1, 0.15) is 24.0 Å². The van der Waals surface area contributed by atoms with Gasteiger partial charge < -0.3 is 9.53 Å². The molecule has 0 heterocycles. The Kier molecular flexibility index (Phi) is 5.51. The smallest absolute Gasteiger partial charge is 0.130 e. The van der Waals surface area contributed by atoms with Crippen LogP contribution in [0.5, 0.6) is 5.75 Å². The number of ether oxygens (including phenoxy) is 1. The van der Waals surface area contributed by atoms with Crippen molar-refractivity contribution in [3.8, 4) is 5.75 Å². The van der Waals surface area contributed by atoms with Crippen LogP contribution in [0.15, 0.2) is 46.9 Å². The Morgan fingerprint density at radius 2 is 1.90 bits per heavy atom. The molecule has 4 heteroatoms. The van der Waals surface area contributed by atoms with Crippen molar-refractivity contribution in [3.63, 3.8) is 0 Å². The topological polar surface area (TPSA) is 26.3 Å². The van der Waals surface area contributed by atoms with E-state index in [9.17, 15) is 9.18 Å². The highest BCUT2D eigenvalue weighted by molar-refractivity contribution is 9.10. The Balaban J connectivity index is 1.94. The number of ketones is 1. The summed E-state index contributed by atoms with van der Waals surface area (Å²) in [5.41, 5.74) is 1.59. The molecule has 0 aromatic heterocycles. The molecule has 0 aliphatic rings. The normalized spacial score (nSPS) is 10.4. The second kappa shape index (κ2) is 7.36. The summed E-state index contributed by atoms with van der Waals surface area (Å²) in [6.45, 7) is 1.77. The van der Waals surface area contributed by atoms with E-state index in [1.165, 1.54) is 6.07 Å². The van der Waals surface area contributed by atoms with Gasteiger partial charge in [0.25, 0.3) is 0 Å². The number of aryl methyl sites for hydroxylation is 1. The van der Waals surface area contributed by atoms with Crippen molar-refractivity contribution in [3.05, 3.63) is 63.9 Å². The lowest BCUT2D eigenvalue weighted by Gasteiger charge is -2.08. The molecule has 0 aliphatic heterocycles. The molecule has 0 bridgehead atoms. The van der Waals surface area contributed by atoms with Crippen LogP contribution in [0.3, 0.4) is 0 Å². The van der Waals surface area contributed by atoms with Crippen LogP contribution in [-0.4, -0.2) is 5.78 Å². The third kappa shape index (κ3) is 4.97. The molecule has 2 rings (SSSR count). The van der Waals surface area contributed by atoms with Crippen LogP contribution in [0, 0.1) is 5.82 Å². The zero-order chi connectivity index (χ0) is 15.2. The maximum Gasteiger partial charge on any atom is 0.130 e. The SMILES string of the molecule is CC(=O)CCc1ccc(OCc2cc(Br)ccc2F)cc1. The van der Waals surface area contributed by atoms with Crippen LogP contribution in [0.25, 0.3) is 0 Å². The van der Waals surface area contributed by atoms with Crippen LogP contribution in [-0.2, 0) is 17.8 Å². The Hall–Kier alpha value is -1.68. The van der Waals surface area contributed by atoms with Gasteiger partial charge in [-0.1, -0.05) is 28.1 Å². The molecule has 0 spiro atoms. The highest BCUT2D eigenvalue weighted by Crippen LogP contribution is 2.19. The quantitative estimate of drug-likeness (QED) is 0.755. The van der Waals surface area contributed by atoms with E-state index in [1.807, 2.05) is 24.3 Å². The lowest BCUT2D eigenvalue weighted by molar-refractivity contribution is -0.116. The van der Waals surface area contributed by atoms with Gasteiger partial charge in [0, 0.05) is 16.5 Å². The van der Waals surface area contributed by atoms with Crippen molar-refractivity contribution < 1.29 is 13.9 Å². The fourth-order valence-corrected chi connectivity index (χ4v) is 2.30. The van der Waals surface area contributed by atoms with Crippen LogP contribution >= 0.6 is 15.9 Å². The van der Waals surface area contributed by atoms with E-state index in [-0.39, 0.29) is 18.2 Å². The molecule has 0 atom stereocenters. The summed E-state index contributed by atoms with van der Waals surface area (Å²) in [4.78, 5) is 10.9. The Bertz CT molecular complexity index is 623. The van der Waals surface area contributed by atoms with Crippen molar-refractivity contribution in [1.82, 2.24) is 0 Å². The molecular weight excluding hydrogens is 335 g/mol. The lowest BCUT2D eigenvalue weighted by Crippen LogP contribution is -1.99. The van der Waals surface area contributed by atoms with Crippen LogP contribution in [0.4, 0.5) is 4.39 Å². The second-order valence-corrected chi connectivity index (χ2v) is 5.79. The van der Waals surface area contributed by atoms with E-state index in [4.69, 9.17) is 4.74 Å². The number of hydrogen-bond acceptors (Lipinski definition) is 2. The summed E-state index contributed by atoms with van der Waals surface area (Å²) < 4.78 is 20.0. The first-order chi connectivity index (χ1) is 10.0. The standard InChI is InChI=1S/C17H16BrFO2/c1-12(20)2-3-13-4-7-16(8-5-13)21-11-14-10-15(18)6-9-17(14)19/h4-10H,2-3,11H2,1H3. The number of rotatable bonds is 6. The average molecular weight is 351 g/mol. The van der Waals surface area contributed by atoms with Crippen molar-refractivity contribution >= 4 is 21.7 Å². The first-order valence-electron chi connectivity index (χ1n) is 6.69. The minimum atomic E-state index is -0.281. The van der Waals surface area contributed by atoms with E-state index in [0.717, 1.165) is 16.5 Å². The van der Waals surface area contributed by atoms with Crippen LogP contribution in [0.1, 0.15) is 24.5 Å². The van der Waals surface area contributed by atoms with Gasteiger partial charge in [-0.05, 0) is 49.2 Å². The molecule has 110 valence electrons. The first-order valence-corrected chi connectivity index (χ1v) is 7.49. The number of carbonyl (C=O) groups excluding carboxylic acids is 1. The molecule has 2 nitrogen and oxygen atoms in total. The van der Waals surface area contributed by atoms with E-state index in [2.05, 4.69) is 15.9 Å². The van der Waals surface area contributed by atoms with Crippen molar-refractivity contribution in [2.45, 2.75) is 26.4 Å². The number of benzene rings is 2. The summed E-state index contributed by atoms with van der Waals surface area (Å²) in [6.07, 6.45) is 1.28. The summed E-state index contributed by atoms with van der Waals surface area (Å²) in [7, 11) is 0. The molecule has 0 radical (unpaired) electrons. The molecule has 0 saturated heterocycles. The Morgan fingerprint density at radius 1 is 1.19 bits per heavy atom. The monoisotopic (exact) mass is 350 g/mol.